The van der Waals surface area contributed by atoms with Crippen LogP contribution in [0.15, 0.2) is 46.3 Å². The number of aromatic nitrogens is 2. The fourth-order valence-electron chi connectivity index (χ4n) is 3.25. The van der Waals surface area contributed by atoms with E-state index in [4.69, 9.17) is 4.52 Å². The topological polar surface area (TPSA) is 102 Å². The zero-order valence-electron chi connectivity index (χ0n) is 14.3. The van der Waals surface area contributed by atoms with Gasteiger partial charge in [-0.15, -0.1) is 11.3 Å². The van der Waals surface area contributed by atoms with Gasteiger partial charge in [-0.1, -0.05) is 23.4 Å². The Morgan fingerprint density at radius 1 is 1.30 bits per heavy atom. The number of nitro groups is 1. The van der Waals surface area contributed by atoms with Gasteiger partial charge in [-0.3, -0.25) is 14.9 Å². The first kappa shape index (κ1) is 17.3. The first-order valence-corrected chi connectivity index (χ1v) is 9.41. The number of hydrogen-bond donors (Lipinski definition) is 0. The number of benzene rings is 1. The predicted octanol–water partition coefficient (Wildman–Crippen LogP) is 3.73. The Labute approximate surface area is 158 Å². The second-order valence-corrected chi connectivity index (χ2v) is 7.25. The number of nitro benzene ring substituents is 1. The highest BCUT2D eigenvalue weighted by atomic mass is 32.1. The summed E-state index contributed by atoms with van der Waals surface area (Å²) in [5, 5.41) is 17.2. The molecule has 0 aliphatic carbocycles. The lowest BCUT2D eigenvalue weighted by atomic mass is 9.97. The molecule has 1 atom stereocenters. The molecule has 0 unspecified atom stereocenters. The summed E-state index contributed by atoms with van der Waals surface area (Å²) in [4.78, 5) is 30.6. The van der Waals surface area contributed by atoms with Gasteiger partial charge in [0.15, 0.2) is 0 Å². The van der Waals surface area contributed by atoms with Crippen LogP contribution in [0, 0.1) is 10.1 Å². The molecule has 1 aliphatic rings. The van der Waals surface area contributed by atoms with Crippen molar-refractivity contribution >= 4 is 22.9 Å². The highest BCUT2D eigenvalue weighted by Gasteiger charge is 2.31. The third kappa shape index (κ3) is 3.45. The molecule has 2 aromatic heterocycles. The van der Waals surface area contributed by atoms with Crippen LogP contribution in [0.4, 0.5) is 5.69 Å². The van der Waals surface area contributed by atoms with Crippen LogP contribution < -0.4 is 0 Å². The summed E-state index contributed by atoms with van der Waals surface area (Å²) in [6, 6.07) is 9.87. The normalized spacial score (nSPS) is 17.0. The second-order valence-electron chi connectivity index (χ2n) is 6.30. The van der Waals surface area contributed by atoms with Crippen LogP contribution in [0.25, 0.3) is 10.7 Å². The van der Waals surface area contributed by atoms with E-state index in [9.17, 15) is 14.9 Å². The summed E-state index contributed by atoms with van der Waals surface area (Å²) in [7, 11) is 0. The van der Waals surface area contributed by atoms with Gasteiger partial charge in [-0.05, 0) is 30.4 Å². The minimum absolute atomic E-state index is 0.0771. The molecule has 8 nitrogen and oxygen atoms in total. The number of para-hydroxylation sites is 1. The fraction of sp³-hybridized carbons (Fsp3) is 0.278. The summed E-state index contributed by atoms with van der Waals surface area (Å²) in [6.07, 6.45) is 1.60. The van der Waals surface area contributed by atoms with Crippen LogP contribution in [0.5, 0.6) is 0 Å². The Hall–Kier alpha value is -3.07. The molecule has 0 saturated carbocycles. The summed E-state index contributed by atoms with van der Waals surface area (Å²) < 4.78 is 5.42. The largest absolute Gasteiger partial charge is 0.339 e. The maximum Gasteiger partial charge on any atom is 0.282 e. The molecule has 0 N–H and O–H groups in total. The third-order valence-electron chi connectivity index (χ3n) is 4.57. The van der Waals surface area contributed by atoms with Gasteiger partial charge in [0, 0.05) is 19.2 Å². The molecule has 1 amide bonds. The Balaban J connectivity index is 1.53. The van der Waals surface area contributed by atoms with Gasteiger partial charge < -0.3 is 9.42 Å². The number of piperidine rings is 1. The highest BCUT2D eigenvalue weighted by molar-refractivity contribution is 7.13. The molecule has 3 heterocycles. The van der Waals surface area contributed by atoms with Crippen LogP contribution in [0.3, 0.4) is 0 Å². The quantitative estimate of drug-likeness (QED) is 0.502. The van der Waals surface area contributed by atoms with Gasteiger partial charge in [0.25, 0.3) is 11.6 Å². The van der Waals surface area contributed by atoms with E-state index in [1.165, 1.54) is 23.5 Å². The van der Waals surface area contributed by atoms with Crippen molar-refractivity contribution in [2.75, 3.05) is 13.1 Å². The fourth-order valence-corrected chi connectivity index (χ4v) is 3.90. The van der Waals surface area contributed by atoms with E-state index in [2.05, 4.69) is 10.1 Å². The van der Waals surface area contributed by atoms with E-state index in [-0.39, 0.29) is 23.1 Å². The van der Waals surface area contributed by atoms with Crippen LogP contribution >= 0.6 is 11.3 Å². The van der Waals surface area contributed by atoms with Crippen molar-refractivity contribution in [2.45, 2.75) is 18.8 Å². The first-order valence-electron chi connectivity index (χ1n) is 8.53. The molecule has 0 spiro atoms. The zero-order valence-corrected chi connectivity index (χ0v) is 15.1. The van der Waals surface area contributed by atoms with Gasteiger partial charge in [0.2, 0.25) is 11.7 Å². The summed E-state index contributed by atoms with van der Waals surface area (Å²) >= 11 is 1.53. The molecule has 9 heteroatoms. The van der Waals surface area contributed by atoms with Crippen molar-refractivity contribution < 1.29 is 14.2 Å². The molecule has 1 aliphatic heterocycles. The molecule has 1 fully saturated rings. The SMILES string of the molecule is O=C(c1ccccc1[N+](=O)[O-])N1CCC[C@@H](c2nc(-c3cccs3)no2)C1. The molecule has 4 rings (SSSR count). The predicted molar refractivity (Wildman–Crippen MR) is 98.6 cm³/mol. The number of carbonyl (C=O) groups excluding carboxylic acids is 1. The van der Waals surface area contributed by atoms with Crippen LogP contribution in [0.2, 0.25) is 0 Å². The number of nitrogens with zero attached hydrogens (tertiary/aromatic N) is 4. The highest BCUT2D eigenvalue weighted by Crippen LogP contribution is 2.30. The van der Waals surface area contributed by atoms with Gasteiger partial charge >= 0.3 is 0 Å². The van der Waals surface area contributed by atoms with Gasteiger partial charge in [0.05, 0.1) is 15.7 Å². The van der Waals surface area contributed by atoms with Gasteiger partial charge in [-0.2, -0.15) is 4.98 Å². The molecule has 1 aromatic carbocycles. The summed E-state index contributed by atoms with van der Waals surface area (Å²) in [5.41, 5.74) is -0.0738. The number of thiophene rings is 1. The number of rotatable bonds is 4. The maximum absolute atomic E-state index is 12.9. The molecule has 138 valence electrons. The van der Waals surface area contributed by atoms with E-state index in [0.717, 1.165) is 17.7 Å². The van der Waals surface area contributed by atoms with Crippen molar-refractivity contribution in [2.24, 2.45) is 0 Å². The zero-order chi connectivity index (χ0) is 18.8. The standard InChI is InChI=1S/C18H16N4O4S/c23-18(13-6-1-2-7-14(13)22(24)25)21-9-3-5-12(11-21)17-19-16(20-26-17)15-8-4-10-27-15/h1-2,4,6-8,10,12H,3,5,9,11H2/t12-/m1/s1. The van der Waals surface area contributed by atoms with Crippen molar-refractivity contribution in [3.05, 3.63) is 63.3 Å². The molecule has 0 radical (unpaired) electrons. The Morgan fingerprint density at radius 3 is 2.93 bits per heavy atom. The van der Waals surface area contributed by atoms with E-state index < -0.39 is 4.92 Å². The van der Waals surface area contributed by atoms with Gasteiger partial charge in [0.1, 0.15) is 5.56 Å². The number of hydrogen-bond acceptors (Lipinski definition) is 7. The molecular weight excluding hydrogens is 368 g/mol. The first-order chi connectivity index (χ1) is 13.1. The minimum atomic E-state index is -0.528. The molecule has 1 saturated heterocycles. The van der Waals surface area contributed by atoms with Crippen molar-refractivity contribution in [3.63, 3.8) is 0 Å². The number of amides is 1. The Kier molecular flexibility index (Phi) is 4.68. The van der Waals surface area contributed by atoms with E-state index >= 15 is 0 Å². The van der Waals surface area contributed by atoms with Crippen LogP contribution in [0.1, 0.15) is 35.0 Å². The maximum atomic E-state index is 12.9. The van der Waals surface area contributed by atoms with Crippen molar-refractivity contribution in [1.82, 2.24) is 15.0 Å². The summed E-state index contributed by atoms with van der Waals surface area (Å²) in [6.45, 7) is 0.949. The molecule has 3 aromatic rings. The smallest absolute Gasteiger partial charge is 0.282 e. The third-order valence-corrected chi connectivity index (χ3v) is 5.44. The number of carbonyl (C=O) groups is 1. The van der Waals surface area contributed by atoms with Crippen molar-refractivity contribution in [1.29, 1.82) is 0 Å². The molecule has 0 bridgehead atoms. The van der Waals surface area contributed by atoms with Crippen molar-refractivity contribution in [3.8, 4) is 10.7 Å². The molecule has 27 heavy (non-hydrogen) atoms. The van der Waals surface area contributed by atoms with Crippen LogP contribution in [-0.2, 0) is 0 Å². The second kappa shape index (κ2) is 7.28. The number of likely N-dealkylation sites (tertiary alicyclic amines) is 1. The lowest BCUT2D eigenvalue weighted by Crippen LogP contribution is -2.39. The summed E-state index contributed by atoms with van der Waals surface area (Å²) in [5.74, 6) is 0.622. The minimum Gasteiger partial charge on any atom is -0.339 e. The molecular formula is C18H16N4O4S. The van der Waals surface area contributed by atoms with E-state index in [1.54, 1.807) is 17.0 Å². The lowest BCUT2D eigenvalue weighted by Gasteiger charge is -2.30. The Morgan fingerprint density at radius 2 is 2.15 bits per heavy atom. The van der Waals surface area contributed by atoms with Crippen LogP contribution in [-0.4, -0.2) is 39.0 Å². The Bertz CT molecular complexity index is 969. The van der Waals surface area contributed by atoms with E-state index in [1.807, 2.05) is 17.5 Å². The van der Waals surface area contributed by atoms with Gasteiger partial charge in [-0.25, -0.2) is 0 Å². The monoisotopic (exact) mass is 384 g/mol. The average molecular weight is 384 g/mol. The average Bonchev–Trinajstić information content (AvgIpc) is 3.39. The lowest BCUT2D eigenvalue weighted by molar-refractivity contribution is -0.385. The van der Waals surface area contributed by atoms with E-state index in [0.29, 0.717) is 24.8 Å².